The highest BCUT2D eigenvalue weighted by Crippen LogP contribution is 2.22. The van der Waals surface area contributed by atoms with E-state index in [1.165, 1.54) is 0 Å². The Kier molecular flexibility index (Phi) is 3.24. The van der Waals surface area contributed by atoms with Gasteiger partial charge in [-0.05, 0) is 30.3 Å². The van der Waals surface area contributed by atoms with Crippen LogP contribution in [0.5, 0.6) is 11.6 Å². The minimum Gasteiger partial charge on any atom is -0.439 e. The number of hydrazine groups is 1. The number of pyridine rings is 1. The van der Waals surface area contributed by atoms with Crippen LogP contribution < -0.4 is 16.0 Å². The van der Waals surface area contributed by atoms with E-state index in [4.69, 9.17) is 22.2 Å². The van der Waals surface area contributed by atoms with Crippen LogP contribution in [0.25, 0.3) is 0 Å². The topological polar surface area (TPSA) is 60.2 Å². The summed E-state index contributed by atoms with van der Waals surface area (Å²) in [5, 5.41) is 0.665. The van der Waals surface area contributed by atoms with Crippen LogP contribution in [0.15, 0.2) is 42.5 Å². The van der Waals surface area contributed by atoms with Gasteiger partial charge in [-0.1, -0.05) is 17.7 Å². The molecule has 5 heteroatoms. The SMILES string of the molecule is NNc1cccc(Oc2ccc(Cl)cc2)n1. The zero-order chi connectivity index (χ0) is 11.4. The maximum Gasteiger partial charge on any atom is 0.221 e. The zero-order valence-electron chi connectivity index (χ0n) is 8.35. The fraction of sp³-hybridized carbons (Fsp3) is 0. The number of nitrogens with zero attached hydrogens (tertiary/aromatic N) is 1. The Hall–Kier alpha value is -1.78. The molecule has 0 fully saturated rings. The summed E-state index contributed by atoms with van der Waals surface area (Å²) in [5.74, 6) is 6.94. The van der Waals surface area contributed by atoms with Crippen molar-refractivity contribution in [3.63, 3.8) is 0 Å². The van der Waals surface area contributed by atoms with Gasteiger partial charge in [0.15, 0.2) is 0 Å². The molecule has 16 heavy (non-hydrogen) atoms. The lowest BCUT2D eigenvalue weighted by molar-refractivity contribution is 0.463. The molecule has 0 aliphatic heterocycles. The van der Waals surface area contributed by atoms with Gasteiger partial charge in [0, 0.05) is 11.1 Å². The summed E-state index contributed by atoms with van der Waals surface area (Å²) in [6, 6.07) is 12.3. The van der Waals surface area contributed by atoms with Crippen LogP contribution in [0, 0.1) is 0 Å². The summed E-state index contributed by atoms with van der Waals surface area (Å²) in [5.41, 5.74) is 2.45. The van der Waals surface area contributed by atoms with Gasteiger partial charge in [-0.15, -0.1) is 0 Å². The van der Waals surface area contributed by atoms with Gasteiger partial charge in [0.05, 0.1) is 0 Å². The van der Waals surface area contributed by atoms with Crippen molar-refractivity contribution in [2.45, 2.75) is 0 Å². The first-order valence-corrected chi connectivity index (χ1v) is 5.03. The summed E-state index contributed by atoms with van der Waals surface area (Å²) in [4.78, 5) is 4.12. The third kappa shape index (κ3) is 2.62. The zero-order valence-corrected chi connectivity index (χ0v) is 9.11. The largest absolute Gasteiger partial charge is 0.439 e. The molecule has 2 aromatic rings. The summed E-state index contributed by atoms with van der Waals surface area (Å²) in [7, 11) is 0. The first kappa shape index (κ1) is 10.7. The smallest absolute Gasteiger partial charge is 0.221 e. The molecule has 0 aliphatic rings. The fourth-order valence-electron chi connectivity index (χ4n) is 1.18. The molecule has 0 spiro atoms. The fourth-order valence-corrected chi connectivity index (χ4v) is 1.30. The lowest BCUT2D eigenvalue weighted by Crippen LogP contribution is -2.08. The summed E-state index contributed by atoms with van der Waals surface area (Å²) in [6.45, 7) is 0. The first-order chi connectivity index (χ1) is 7.78. The standard InChI is InChI=1S/C11H10ClN3O/c12-8-4-6-9(7-5-8)16-11-3-1-2-10(14-11)15-13/h1-7H,13H2,(H,14,15). The Bertz CT molecular complexity index is 473. The van der Waals surface area contributed by atoms with Gasteiger partial charge in [-0.3, -0.25) is 0 Å². The third-order valence-electron chi connectivity index (χ3n) is 1.91. The lowest BCUT2D eigenvalue weighted by Gasteiger charge is -2.05. The minimum absolute atomic E-state index is 0.470. The molecule has 0 saturated carbocycles. The van der Waals surface area contributed by atoms with Crippen LogP contribution in [-0.4, -0.2) is 4.98 Å². The normalized spacial score (nSPS) is 9.88. The Morgan fingerprint density at radius 2 is 1.88 bits per heavy atom. The van der Waals surface area contributed by atoms with Gasteiger partial charge in [0.1, 0.15) is 11.6 Å². The number of anilines is 1. The quantitative estimate of drug-likeness (QED) is 0.634. The number of nitrogens with two attached hydrogens (primary N) is 1. The number of nitrogens with one attached hydrogen (secondary N) is 1. The van der Waals surface area contributed by atoms with E-state index in [2.05, 4.69) is 10.4 Å². The number of nitrogen functional groups attached to an aromatic ring is 1. The summed E-state index contributed by atoms with van der Waals surface area (Å²) >= 11 is 5.76. The number of benzene rings is 1. The Morgan fingerprint density at radius 3 is 2.56 bits per heavy atom. The molecule has 2 rings (SSSR count). The molecule has 0 radical (unpaired) electrons. The molecule has 3 N–H and O–H groups in total. The van der Waals surface area contributed by atoms with E-state index in [0.717, 1.165) is 0 Å². The minimum atomic E-state index is 0.470. The van der Waals surface area contributed by atoms with Crippen molar-refractivity contribution >= 4 is 17.4 Å². The molecule has 0 atom stereocenters. The molecule has 0 amide bonds. The average Bonchev–Trinajstić information content (AvgIpc) is 2.32. The maximum absolute atomic E-state index is 5.76. The molecule has 0 unspecified atom stereocenters. The van der Waals surface area contributed by atoms with Crippen molar-refractivity contribution in [1.29, 1.82) is 0 Å². The number of aromatic nitrogens is 1. The summed E-state index contributed by atoms with van der Waals surface area (Å²) in [6.07, 6.45) is 0. The second-order valence-corrected chi connectivity index (χ2v) is 3.50. The number of hydrogen-bond donors (Lipinski definition) is 2. The van der Waals surface area contributed by atoms with Crippen molar-refractivity contribution in [3.05, 3.63) is 47.5 Å². The molecule has 1 aromatic heterocycles. The highest BCUT2D eigenvalue weighted by molar-refractivity contribution is 6.30. The van der Waals surface area contributed by atoms with Crippen molar-refractivity contribution in [3.8, 4) is 11.6 Å². The number of hydrogen-bond acceptors (Lipinski definition) is 4. The Balaban J connectivity index is 2.16. The highest BCUT2D eigenvalue weighted by atomic mass is 35.5. The molecule has 4 nitrogen and oxygen atoms in total. The van der Waals surface area contributed by atoms with Gasteiger partial charge in [0.25, 0.3) is 0 Å². The molecule has 1 heterocycles. The molecule has 0 saturated heterocycles. The number of halogens is 1. The van der Waals surface area contributed by atoms with Crippen LogP contribution in [0.1, 0.15) is 0 Å². The van der Waals surface area contributed by atoms with Gasteiger partial charge in [-0.25, -0.2) is 5.84 Å². The molecule has 0 aliphatic carbocycles. The van der Waals surface area contributed by atoms with E-state index in [0.29, 0.717) is 22.5 Å². The lowest BCUT2D eigenvalue weighted by atomic mass is 10.3. The van der Waals surface area contributed by atoms with E-state index in [1.807, 2.05) is 0 Å². The first-order valence-electron chi connectivity index (χ1n) is 4.65. The molecule has 0 bridgehead atoms. The Morgan fingerprint density at radius 1 is 1.12 bits per heavy atom. The van der Waals surface area contributed by atoms with E-state index < -0.39 is 0 Å². The average molecular weight is 236 g/mol. The van der Waals surface area contributed by atoms with Crippen molar-refractivity contribution < 1.29 is 4.74 Å². The van der Waals surface area contributed by atoms with Crippen LogP contribution in [-0.2, 0) is 0 Å². The second-order valence-electron chi connectivity index (χ2n) is 3.06. The monoisotopic (exact) mass is 235 g/mol. The predicted octanol–water partition coefficient (Wildman–Crippen LogP) is 2.81. The molecule has 1 aromatic carbocycles. The van der Waals surface area contributed by atoms with Crippen LogP contribution in [0.4, 0.5) is 5.82 Å². The van der Waals surface area contributed by atoms with Crippen molar-refractivity contribution in [2.24, 2.45) is 5.84 Å². The molecular formula is C11H10ClN3O. The molecule has 82 valence electrons. The van der Waals surface area contributed by atoms with E-state index in [1.54, 1.807) is 42.5 Å². The summed E-state index contributed by atoms with van der Waals surface area (Å²) < 4.78 is 5.51. The third-order valence-corrected chi connectivity index (χ3v) is 2.16. The van der Waals surface area contributed by atoms with Gasteiger partial charge in [-0.2, -0.15) is 4.98 Å². The van der Waals surface area contributed by atoms with Crippen molar-refractivity contribution in [2.75, 3.05) is 5.43 Å². The van der Waals surface area contributed by atoms with E-state index in [-0.39, 0.29) is 0 Å². The maximum atomic E-state index is 5.76. The van der Waals surface area contributed by atoms with E-state index >= 15 is 0 Å². The Labute approximate surface area is 98.0 Å². The van der Waals surface area contributed by atoms with Crippen molar-refractivity contribution in [1.82, 2.24) is 4.98 Å². The van der Waals surface area contributed by atoms with Gasteiger partial charge >= 0.3 is 0 Å². The van der Waals surface area contributed by atoms with Crippen LogP contribution in [0.2, 0.25) is 5.02 Å². The highest BCUT2D eigenvalue weighted by Gasteiger charge is 1.99. The number of rotatable bonds is 3. The predicted molar refractivity (Wildman–Crippen MR) is 63.6 cm³/mol. The van der Waals surface area contributed by atoms with Gasteiger partial charge in [0.2, 0.25) is 5.88 Å². The number of ether oxygens (including phenoxy) is 1. The van der Waals surface area contributed by atoms with Crippen LogP contribution >= 0.6 is 11.6 Å². The molecular weight excluding hydrogens is 226 g/mol. The van der Waals surface area contributed by atoms with E-state index in [9.17, 15) is 0 Å². The van der Waals surface area contributed by atoms with Crippen LogP contribution in [0.3, 0.4) is 0 Å². The second kappa shape index (κ2) is 4.83. The van der Waals surface area contributed by atoms with Gasteiger partial charge < -0.3 is 10.2 Å².